The minimum atomic E-state index is -0.483. The zero-order valence-electron chi connectivity index (χ0n) is 30.3. The lowest BCUT2D eigenvalue weighted by atomic mass is 9.73. The highest BCUT2D eigenvalue weighted by atomic mass is 16.3. The molecule has 0 aliphatic heterocycles. The van der Waals surface area contributed by atoms with Crippen molar-refractivity contribution in [2.75, 3.05) is 0 Å². The van der Waals surface area contributed by atoms with Gasteiger partial charge in [-0.2, -0.15) is 0 Å². The number of benzene rings is 7. The van der Waals surface area contributed by atoms with Crippen LogP contribution in [0.4, 0.5) is 0 Å². The van der Waals surface area contributed by atoms with Crippen LogP contribution >= 0.6 is 0 Å². The van der Waals surface area contributed by atoms with Crippen LogP contribution in [0.2, 0.25) is 0 Å². The molecule has 0 saturated carbocycles. The molecule has 1 unspecified atom stereocenters. The molecule has 1 atom stereocenters. The molecule has 0 amide bonds. The predicted molar refractivity (Wildman–Crippen MR) is 226 cm³/mol. The molecule has 0 spiro atoms. The first-order chi connectivity index (χ1) is 27.1. The van der Waals surface area contributed by atoms with E-state index in [1.165, 1.54) is 16.7 Å². The molecule has 55 heavy (non-hydrogen) atoms. The van der Waals surface area contributed by atoms with Gasteiger partial charge in [0.25, 0.3) is 0 Å². The fraction of sp³-hybridized carbons (Fsp3) is 0.0392. The molecule has 0 radical (unpaired) electrons. The molecule has 0 fully saturated rings. The number of aromatic nitrogens is 3. The van der Waals surface area contributed by atoms with E-state index in [2.05, 4.69) is 141 Å². The third-order valence-corrected chi connectivity index (χ3v) is 11.2. The second kappa shape index (κ2) is 12.8. The van der Waals surface area contributed by atoms with Crippen molar-refractivity contribution in [2.24, 2.45) is 0 Å². The van der Waals surface area contributed by atoms with E-state index in [0.29, 0.717) is 17.5 Å². The monoisotopic (exact) mass is 705 g/mol. The van der Waals surface area contributed by atoms with Gasteiger partial charge in [-0.05, 0) is 75.2 Å². The molecular weight excluding hydrogens is 671 g/mol. The van der Waals surface area contributed by atoms with Crippen LogP contribution in [0.15, 0.2) is 175 Å². The Hall–Kier alpha value is -7.17. The van der Waals surface area contributed by atoms with Gasteiger partial charge in [-0.25, -0.2) is 15.0 Å². The lowest BCUT2D eigenvalue weighted by molar-refractivity contribution is 0.667. The van der Waals surface area contributed by atoms with Crippen LogP contribution in [-0.4, -0.2) is 15.0 Å². The molecule has 4 nitrogen and oxygen atoms in total. The quantitative estimate of drug-likeness (QED) is 0.166. The van der Waals surface area contributed by atoms with Crippen molar-refractivity contribution in [3.05, 3.63) is 199 Å². The van der Waals surface area contributed by atoms with Gasteiger partial charge < -0.3 is 4.42 Å². The van der Waals surface area contributed by atoms with E-state index in [9.17, 15) is 0 Å². The summed E-state index contributed by atoms with van der Waals surface area (Å²) in [4.78, 5) is 15.7. The number of nitrogens with zero attached hydrogens (tertiary/aromatic N) is 3. The van der Waals surface area contributed by atoms with Gasteiger partial charge in [0.2, 0.25) is 0 Å². The van der Waals surface area contributed by atoms with E-state index >= 15 is 0 Å². The number of rotatable bonds is 7. The number of para-hydroxylation sites is 1. The summed E-state index contributed by atoms with van der Waals surface area (Å²) < 4.78 is 6.48. The van der Waals surface area contributed by atoms with Crippen molar-refractivity contribution in [1.82, 2.24) is 15.0 Å². The second-order valence-corrected chi connectivity index (χ2v) is 14.1. The average molecular weight is 706 g/mol. The van der Waals surface area contributed by atoms with Crippen LogP contribution < -0.4 is 0 Å². The van der Waals surface area contributed by atoms with Crippen molar-refractivity contribution in [1.29, 1.82) is 0 Å². The highest BCUT2D eigenvalue weighted by Crippen LogP contribution is 2.58. The summed E-state index contributed by atoms with van der Waals surface area (Å²) in [5.41, 5.74) is 14.2. The molecule has 0 N–H and O–H groups in total. The summed E-state index contributed by atoms with van der Waals surface area (Å²) in [7, 11) is 0. The van der Waals surface area contributed by atoms with Gasteiger partial charge in [0, 0.05) is 32.9 Å². The standard InChI is InChI=1S/C51H35N3O/c1-4-32-19-15-25-38(37(32)5-2)34-20-14-21-35(31-34)49-52-48(33-17-8-6-9-18-33)53-50(54-49)41-26-16-27-42-45(41)40-29-30-44-46(39-24-12-13-28-43(39)55-44)47(40)51(42,3)36-22-10-7-11-23-36/h4-31H,1-2H2,3H3. The molecular formula is C51H35N3O. The normalized spacial score (nSPS) is 14.5. The van der Waals surface area contributed by atoms with Gasteiger partial charge in [-0.1, -0.05) is 165 Å². The molecule has 0 saturated heterocycles. The summed E-state index contributed by atoms with van der Waals surface area (Å²) in [6, 6.07) is 54.8. The van der Waals surface area contributed by atoms with Crippen LogP contribution in [0.3, 0.4) is 0 Å². The first-order valence-corrected chi connectivity index (χ1v) is 18.5. The van der Waals surface area contributed by atoms with Gasteiger partial charge in [0.15, 0.2) is 17.5 Å². The van der Waals surface area contributed by atoms with E-state index in [-0.39, 0.29) is 0 Å². The first kappa shape index (κ1) is 32.5. The molecule has 260 valence electrons. The lowest BCUT2D eigenvalue weighted by Gasteiger charge is -2.29. The fourth-order valence-electron chi connectivity index (χ4n) is 8.60. The van der Waals surface area contributed by atoms with Crippen LogP contribution in [0, 0.1) is 0 Å². The number of fused-ring (bicyclic) bond motifs is 7. The summed E-state index contributed by atoms with van der Waals surface area (Å²) in [6.07, 6.45) is 3.76. The SMILES string of the molecule is C=Cc1cccc(-c2cccc(-c3nc(-c4ccccc4)nc(-c4cccc5c4-c4ccc6oc7ccccc7c6c4C5(C)c4ccccc4)n3)c2)c1C=C. The Morgan fingerprint density at radius 2 is 1.18 bits per heavy atom. The van der Waals surface area contributed by atoms with Gasteiger partial charge in [-0.3, -0.25) is 0 Å². The Kier molecular flexibility index (Phi) is 7.53. The molecule has 2 heterocycles. The van der Waals surface area contributed by atoms with E-state index in [1.54, 1.807) is 0 Å². The smallest absolute Gasteiger partial charge is 0.164 e. The topological polar surface area (TPSA) is 51.8 Å². The summed E-state index contributed by atoms with van der Waals surface area (Å²) in [6.45, 7) is 10.5. The first-order valence-electron chi connectivity index (χ1n) is 18.5. The predicted octanol–water partition coefficient (Wildman–Crippen LogP) is 13.1. The van der Waals surface area contributed by atoms with E-state index in [0.717, 1.165) is 72.0 Å². The number of furan rings is 1. The largest absolute Gasteiger partial charge is 0.456 e. The molecule has 7 aromatic carbocycles. The average Bonchev–Trinajstić information content (AvgIpc) is 3.77. The maximum absolute atomic E-state index is 6.48. The molecule has 1 aliphatic carbocycles. The van der Waals surface area contributed by atoms with Crippen molar-refractivity contribution in [3.63, 3.8) is 0 Å². The van der Waals surface area contributed by atoms with E-state index in [4.69, 9.17) is 19.4 Å². The van der Waals surface area contributed by atoms with Crippen molar-refractivity contribution >= 4 is 34.1 Å². The zero-order valence-corrected chi connectivity index (χ0v) is 30.3. The zero-order chi connectivity index (χ0) is 37.1. The number of hydrogen-bond acceptors (Lipinski definition) is 4. The van der Waals surface area contributed by atoms with Gasteiger partial charge in [0.05, 0.1) is 0 Å². The van der Waals surface area contributed by atoms with Gasteiger partial charge in [0.1, 0.15) is 11.2 Å². The third kappa shape index (κ3) is 5.03. The molecule has 9 aromatic rings. The van der Waals surface area contributed by atoms with E-state index in [1.807, 2.05) is 48.6 Å². The Morgan fingerprint density at radius 3 is 1.98 bits per heavy atom. The molecule has 0 bridgehead atoms. The Balaban J connectivity index is 1.24. The Bertz CT molecular complexity index is 2980. The van der Waals surface area contributed by atoms with Crippen molar-refractivity contribution < 1.29 is 4.42 Å². The van der Waals surface area contributed by atoms with Crippen LogP contribution in [-0.2, 0) is 5.41 Å². The van der Waals surface area contributed by atoms with Crippen LogP contribution in [0.1, 0.15) is 34.7 Å². The van der Waals surface area contributed by atoms with Crippen LogP contribution in [0.5, 0.6) is 0 Å². The molecule has 2 aromatic heterocycles. The highest BCUT2D eigenvalue weighted by molar-refractivity contribution is 6.12. The lowest BCUT2D eigenvalue weighted by Crippen LogP contribution is -2.22. The van der Waals surface area contributed by atoms with Crippen molar-refractivity contribution in [3.8, 4) is 56.4 Å². The fourth-order valence-corrected chi connectivity index (χ4v) is 8.60. The minimum absolute atomic E-state index is 0.483. The summed E-state index contributed by atoms with van der Waals surface area (Å²) in [5, 5.41) is 2.25. The molecule has 10 rings (SSSR count). The summed E-state index contributed by atoms with van der Waals surface area (Å²) in [5.74, 6) is 1.83. The number of hydrogen-bond donors (Lipinski definition) is 0. The van der Waals surface area contributed by atoms with E-state index < -0.39 is 5.41 Å². The highest BCUT2D eigenvalue weighted by Gasteiger charge is 2.44. The molecule has 1 aliphatic rings. The Labute approximate surface area is 319 Å². The minimum Gasteiger partial charge on any atom is -0.456 e. The second-order valence-electron chi connectivity index (χ2n) is 14.1. The Morgan fingerprint density at radius 1 is 0.527 bits per heavy atom. The third-order valence-electron chi connectivity index (χ3n) is 11.2. The molecule has 4 heteroatoms. The maximum atomic E-state index is 6.48. The van der Waals surface area contributed by atoms with Gasteiger partial charge in [-0.15, -0.1) is 0 Å². The van der Waals surface area contributed by atoms with Crippen LogP contribution in [0.25, 0.3) is 90.5 Å². The van der Waals surface area contributed by atoms with Crippen molar-refractivity contribution in [2.45, 2.75) is 12.3 Å². The maximum Gasteiger partial charge on any atom is 0.164 e. The van der Waals surface area contributed by atoms with Gasteiger partial charge >= 0.3 is 0 Å². The summed E-state index contributed by atoms with van der Waals surface area (Å²) >= 11 is 0.